The summed E-state index contributed by atoms with van der Waals surface area (Å²) in [5.41, 5.74) is 4.16. The maximum absolute atomic E-state index is 14.3. The summed E-state index contributed by atoms with van der Waals surface area (Å²) in [5, 5.41) is 2.85. The maximum Gasteiger partial charge on any atom is 0.256 e. The van der Waals surface area contributed by atoms with Crippen LogP contribution in [-0.4, -0.2) is 51.5 Å². The molecule has 5 rings (SSSR count). The van der Waals surface area contributed by atoms with Crippen LogP contribution in [0.25, 0.3) is 22.6 Å². The summed E-state index contributed by atoms with van der Waals surface area (Å²) in [6, 6.07) is 19.3. The van der Waals surface area contributed by atoms with Crippen LogP contribution in [0, 0.1) is 5.92 Å². The van der Waals surface area contributed by atoms with E-state index in [1.807, 2.05) is 64.1 Å². The molecule has 37 heavy (non-hydrogen) atoms. The van der Waals surface area contributed by atoms with Crippen molar-refractivity contribution in [1.29, 1.82) is 0 Å². The van der Waals surface area contributed by atoms with Crippen LogP contribution in [0.1, 0.15) is 35.7 Å². The minimum absolute atomic E-state index is 0.0842. The highest BCUT2D eigenvalue weighted by atomic mass is 16.5. The summed E-state index contributed by atoms with van der Waals surface area (Å²) in [7, 11) is 1.65. The number of rotatable bonds is 10. The highest BCUT2D eigenvalue weighted by molar-refractivity contribution is 6.08. The molecule has 1 saturated carbocycles. The van der Waals surface area contributed by atoms with E-state index in [2.05, 4.69) is 10.3 Å². The molecule has 8 nitrogen and oxygen atoms in total. The Morgan fingerprint density at radius 1 is 1.11 bits per heavy atom. The summed E-state index contributed by atoms with van der Waals surface area (Å²) in [6.07, 6.45) is 3.99. The van der Waals surface area contributed by atoms with Gasteiger partial charge in [0.05, 0.1) is 23.2 Å². The Labute approximate surface area is 216 Å². The summed E-state index contributed by atoms with van der Waals surface area (Å²) < 4.78 is 7.40. The molecular weight excluding hydrogens is 466 g/mol. The zero-order valence-electron chi connectivity index (χ0n) is 21.2. The van der Waals surface area contributed by atoms with Crippen LogP contribution in [0.15, 0.2) is 66.9 Å². The van der Waals surface area contributed by atoms with Crippen molar-refractivity contribution in [3.8, 4) is 11.5 Å². The van der Waals surface area contributed by atoms with Crippen LogP contribution in [0.4, 0.5) is 5.69 Å². The molecule has 1 aliphatic carbocycles. The van der Waals surface area contributed by atoms with E-state index >= 15 is 0 Å². The Kier molecular flexibility index (Phi) is 7.28. The number of imidazole rings is 1. The molecule has 4 aromatic rings. The number of methoxy groups -OCH3 is 1. The van der Waals surface area contributed by atoms with Crippen LogP contribution in [0.2, 0.25) is 0 Å². The predicted molar refractivity (Wildman–Crippen MR) is 143 cm³/mol. The van der Waals surface area contributed by atoms with Gasteiger partial charge in [0.15, 0.2) is 5.82 Å². The van der Waals surface area contributed by atoms with Gasteiger partial charge in [-0.2, -0.15) is 0 Å². The van der Waals surface area contributed by atoms with Crippen LogP contribution >= 0.6 is 0 Å². The van der Waals surface area contributed by atoms with Crippen molar-refractivity contribution < 1.29 is 14.3 Å². The monoisotopic (exact) mass is 497 g/mol. The van der Waals surface area contributed by atoms with E-state index in [0.717, 1.165) is 18.4 Å². The van der Waals surface area contributed by atoms with Crippen molar-refractivity contribution in [3.05, 3.63) is 78.0 Å². The van der Waals surface area contributed by atoms with Gasteiger partial charge < -0.3 is 19.5 Å². The first-order valence-electron chi connectivity index (χ1n) is 12.6. The number of ether oxygens (including phenoxy) is 1. The van der Waals surface area contributed by atoms with E-state index in [-0.39, 0.29) is 11.8 Å². The topological polar surface area (TPSA) is 89.3 Å². The molecule has 0 saturated heterocycles. The fourth-order valence-electron chi connectivity index (χ4n) is 4.60. The lowest BCUT2D eigenvalue weighted by molar-refractivity contribution is -0.114. The lowest BCUT2D eigenvalue weighted by Gasteiger charge is -2.24. The molecule has 1 N–H and O–H groups in total. The number of aromatic nitrogens is 3. The normalized spacial score (nSPS) is 13.0. The van der Waals surface area contributed by atoms with Gasteiger partial charge >= 0.3 is 0 Å². The fourth-order valence-corrected chi connectivity index (χ4v) is 4.60. The van der Waals surface area contributed by atoms with Gasteiger partial charge in [-0.3, -0.25) is 14.6 Å². The van der Waals surface area contributed by atoms with Gasteiger partial charge in [-0.1, -0.05) is 36.4 Å². The number of carbonyl (C=O) groups is 2. The zero-order valence-corrected chi connectivity index (χ0v) is 21.2. The average Bonchev–Trinajstić information content (AvgIpc) is 3.65. The standard InChI is InChI=1S/C29H31N5O3/c1-20(35)31-23-16-24(29(36)33(19-22-11-12-22)18-21-8-4-3-5-9-21)27-26(17-23)32-28(34(27)14-15-37-2)25-10-6-7-13-30-25/h3-10,13,16-17,22H,11-12,14-15,18-19H2,1-2H3,(H,31,35). The minimum Gasteiger partial charge on any atom is -0.383 e. The van der Waals surface area contributed by atoms with E-state index in [0.29, 0.717) is 66.0 Å². The molecular formula is C29H31N5O3. The van der Waals surface area contributed by atoms with Gasteiger partial charge in [-0.05, 0) is 48.6 Å². The highest BCUT2D eigenvalue weighted by Crippen LogP contribution is 2.33. The van der Waals surface area contributed by atoms with Crippen molar-refractivity contribution in [2.75, 3.05) is 25.6 Å². The third-order valence-corrected chi connectivity index (χ3v) is 6.48. The van der Waals surface area contributed by atoms with Crippen LogP contribution in [0.5, 0.6) is 0 Å². The Bertz CT molecular complexity index is 1400. The number of amides is 2. The van der Waals surface area contributed by atoms with Crippen LogP contribution in [0.3, 0.4) is 0 Å². The Balaban J connectivity index is 1.66. The molecule has 2 aromatic heterocycles. The van der Waals surface area contributed by atoms with Gasteiger partial charge in [0.25, 0.3) is 5.91 Å². The molecule has 0 spiro atoms. The number of hydrogen-bond acceptors (Lipinski definition) is 5. The first kappa shape index (κ1) is 24.6. The van der Waals surface area contributed by atoms with E-state index in [4.69, 9.17) is 9.72 Å². The Hall–Kier alpha value is -4.04. The number of carbonyl (C=O) groups excluding carboxylic acids is 2. The second-order valence-corrected chi connectivity index (χ2v) is 9.48. The van der Waals surface area contributed by atoms with Gasteiger partial charge in [-0.25, -0.2) is 4.98 Å². The van der Waals surface area contributed by atoms with Crippen molar-refractivity contribution in [1.82, 2.24) is 19.4 Å². The van der Waals surface area contributed by atoms with Crippen LogP contribution in [-0.2, 0) is 22.6 Å². The second kappa shape index (κ2) is 10.9. The largest absolute Gasteiger partial charge is 0.383 e. The van der Waals surface area contributed by atoms with Crippen molar-refractivity contribution in [2.24, 2.45) is 5.92 Å². The summed E-state index contributed by atoms with van der Waals surface area (Å²) in [5.74, 6) is 0.877. The van der Waals surface area contributed by atoms with Crippen LogP contribution < -0.4 is 5.32 Å². The number of nitrogens with zero attached hydrogens (tertiary/aromatic N) is 4. The van der Waals surface area contributed by atoms with E-state index in [1.165, 1.54) is 6.92 Å². The molecule has 0 unspecified atom stereocenters. The van der Waals surface area contributed by atoms with Gasteiger partial charge in [-0.15, -0.1) is 0 Å². The SMILES string of the molecule is COCCn1c(-c2ccccn2)nc2cc(NC(C)=O)cc(C(=O)N(Cc3ccccc3)CC3CC3)c21. The summed E-state index contributed by atoms with van der Waals surface area (Å²) >= 11 is 0. The van der Waals surface area contributed by atoms with Crippen molar-refractivity contribution in [2.45, 2.75) is 32.9 Å². The second-order valence-electron chi connectivity index (χ2n) is 9.48. The van der Waals surface area contributed by atoms with Gasteiger partial charge in [0.1, 0.15) is 5.69 Å². The van der Waals surface area contributed by atoms with E-state index in [9.17, 15) is 9.59 Å². The summed E-state index contributed by atoms with van der Waals surface area (Å²) in [6.45, 7) is 3.61. The molecule has 0 bridgehead atoms. The molecule has 1 aliphatic rings. The lowest BCUT2D eigenvalue weighted by Crippen LogP contribution is -2.33. The fraction of sp³-hybridized carbons (Fsp3) is 0.310. The predicted octanol–water partition coefficient (Wildman–Crippen LogP) is 4.76. The van der Waals surface area contributed by atoms with Gasteiger partial charge in [0, 0.05) is 45.6 Å². The number of anilines is 1. The number of hydrogen-bond donors (Lipinski definition) is 1. The third-order valence-electron chi connectivity index (χ3n) is 6.48. The van der Waals surface area contributed by atoms with Gasteiger partial charge in [0.2, 0.25) is 5.91 Å². The van der Waals surface area contributed by atoms with E-state index < -0.39 is 0 Å². The lowest BCUT2D eigenvalue weighted by atomic mass is 10.1. The molecule has 0 atom stereocenters. The van der Waals surface area contributed by atoms with Crippen molar-refractivity contribution >= 4 is 28.5 Å². The molecule has 8 heteroatoms. The zero-order chi connectivity index (χ0) is 25.8. The Morgan fingerprint density at radius 2 is 1.89 bits per heavy atom. The Morgan fingerprint density at radius 3 is 2.57 bits per heavy atom. The quantitative estimate of drug-likeness (QED) is 0.341. The number of benzene rings is 2. The molecule has 2 heterocycles. The molecule has 190 valence electrons. The van der Waals surface area contributed by atoms with Crippen molar-refractivity contribution in [3.63, 3.8) is 0 Å². The average molecular weight is 498 g/mol. The molecule has 0 radical (unpaired) electrons. The first-order chi connectivity index (χ1) is 18.0. The molecule has 2 aromatic carbocycles. The maximum atomic E-state index is 14.3. The number of pyridine rings is 1. The first-order valence-corrected chi connectivity index (χ1v) is 12.6. The smallest absolute Gasteiger partial charge is 0.256 e. The number of nitrogens with one attached hydrogen (secondary N) is 1. The minimum atomic E-state index is -0.208. The summed E-state index contributed by atoms with van der Waals surface area (Å²) in [4.78, 5) is 37.5. The van der Waals surface area contributed by atoms with E-state index in [1.54, 1.807) is 19.4 Å². The third kappa shape index (κ3) is 5.70. The molecule has 1 fully saturated rings. The number of fused-ring (bicyclic) bond motifs is 1. The molecule has 0 aliphatic heterocycles. The highest BCUT2D eigenvalue weighted by Gasteiger charge is 2.30. The molecule has 2 amide bonds.